The van der Waals surface area contributed by atoms with Crippen molar-refractivity contribution in [3.05, 3.63) is 95.0 Å². The molecule has 7 heteroatoms. The zero-order valence-electron chi connectivity index (χ0n) is 15.8. The summed E-state index contributed by atoms with van der Waals surface area (Å²) in [5.74, 6) is -0.565. The summed E-state index contributed by atoms with van der Waals surface area (Å²) in [6.45, 7) is 0. The topological polar surface area (TPSA) is 71.1 Å². The Bertz CT molecular complexity index is 1160. The molecule has 5 nitrogen and oxygen atoms in total. The lowest BCUT2D eigenvalue weighted by atomic mass is 10.0. The summed E-state index contributed by atoms with van der Waals surface area (Å²) in [7, 11) is 0. The van der Waals surface area contributed by atoms with Crippen molar-refractivity contribution in [2.45, 2.75) is 12.5 Å². The molecule has 0 saturated carbocycles. The van der Waals surface area contributed by atoms with Gasteiger partial charge in [-0.05, 0) is 29.8 Å². The van der Waals surface area contributed by atoms with Crippen LogP contribution in [0.25, 0.3) is 10.2 Å². The average Bonchev–Trinajstić information content (AvgIpc) is 3.16. The number of rotatable bonds is 6. The van der Waals surface area contributed by atoms with Crippen LogP contribution < -0.4 is 10.6 Å². The van der Waals surface area contributed by atoms with Crippen molar-refractivity contribution < 1.29 is 9.59 Å². The minimum Gasteiger partial charge on any atom is -0.345 e. The van der Waals surface area contributed by atoms with Crippen LogP contribution in [0.5, 0.6) is 0 Å². The van der Waals surface area contributed by atoms with E-state index in [9.17, 15) is 9.59 Å². The van der Waals surface area contributed by atoms with Crippen molar-refractivity contribution in [3.63, 3.8) is 0 Å². The monoisotopic (exact) mass is 435 g/mol. The van der Waals surface area contributed by atoms with E-state index in [1.807, 2.05) is 54.6 Å². The summed E-state index contributed by atoms with van der Waals surface area (Å²) in [5, 5.41) is 6.67. The standard InChI is InChI=1S/C23H18ClN3O2S/c24-17-11-5-4-10-16(17)22(29)25-19(15-8-2-1-3-9-15)14-21(28)27-23-26-18-12-6-7-13-20(18)30-23/h1-13,19H,14H2,(H,25,29)(H,26,27,28). The number of benzene rings is 3. The molecule has 1 aromatic heterocycles. The lowest BCUT2D eigenvalue weighted by molar-refractivity contribution is -0.116. The number of carbonyl (C=O) groups excluding carboxylic acids is 2. The van der Waals surface area contributed by atoms with Gasteiger partial charge in [-0.3, -0.25) is 9.59 Å². The Morgan fingerprint density at radius 2 is 1.63 bits per heavy atom. The van der Waals surface area contributed by atoms with Gasteiger partial charge in [0.25, 0.3) is 5.91 Å². The predicted octanol–water partition coefficient (Wildman–Crippen LogP) is 5.45. The van der Waals surface area contributed by atoms with E-state index in [1.165, 1.54) is 11.3 Å². The van der Waals surface area contributed by atoms with Crippen molar-refractivity contribution in [2.24, 2.45) is 0 Å². The summed E-state index contributed by atoms with van der Waals surface area (Å²) in [5.41, 5.74) is 2.04. The number of amides is 2. The number of nitrogens with one attached hydrogen (secondary N) is 2. The second-order valence-electron chi connectivity index (χ2n) is 6.66. The fraction of sp³-hybridized carbons (Fsp3) is 0.0870. The first-order chi connectivity index (χ1) is 14.6. The van der Waals surface area contributed by atoms with Gasteiger partial charge in [0.2, 0.25) is 5.91 Å². The third-order valence-corrected chi connectivity index (χ3v) is 5.84. The van der Waals surface area contributed by atoms with Crippen molar-refractivity contribution in [1.29, 1.82) is 0 Å². The Kier molecular flexibility index (Phi) is 6.07. The Labute approximate surface area is 182 Å². The zero-order valence-corrected chi connectivity index (χ0v) is 17.4. The molecule has 0 aliphatic heterocycles. The van der Waals surface area contributed by atoms with Gasteiger partial charge in [0.15, 0.2) is 5.13 Å². The third kappa shape index (κ3) is 4.67. The Hall–Kier alpha value is -3.22. The molecule has 2 N–H and O–H groups in total. The van der Waals surface area contributed by atoms with E-state index in [1.54, 1.807) is 24.3 Å². The summed E-state index contributed by atoms with van der Waals surface area (Å²) < 4.78 is 0.999. The van der Waals surface area contributed by atoms with Crippen LogP contribution in [0.3, 0.4) is 0 Å². The molecule has 0 fully saturated rings. The number of aromatic nitrogens is 1. The number of carbonyl (C=O) groups is 2. The van der Waals surface area contributed by atoms with E-state index in [0.29, 0.717) is 15.7 Å². The van der Waals surface area contributed by atoms with E-state index >= 15 is 0 Å². The van der Waals surface area contributed by atoms with Gasteiger partial charge < -0.3 is 10.6 Å². The van der Waals surface area contributed by atoms with E-state index in [4.69, 9.17) is 11.6 Å². The normalized spacial score (nSPS) is 11.8. The highest BCUT2D eigenvalue weighted by Crippen LogP contribution is 2.26. The molecule has 0 aliphatic rings. The first-order valence-electron chi connectivity index (χ1n) is 9.36. The van der Waals surface area contributed by atoms with Crippen molar-refractivity contribution >= 4 is 50.1 Å². The van der Waals surface area contributed by atoms with Gasteiger partial charge >= 0.3 is 0 Å². The van der Waals surface area contributed by atoms with E-state index < -0.39 is 6.04 Å². The molecule has 0 aliphatic carbocycles. The van der Waals surface area contributed by atoms with Gasteiger partial charge in [-0.1, -0.05) is 77.5 Å². The molecule has 0 bridgehead atoms. The van der Waals surface area contributed by atoms with Gasteiger partial charge in [-0.2, -0.15) is 0 Å². The SMILES string of the molecule is O=C(CC(NC(=O)c1ccccc1Cl)c1ccccc1)Nc1nc2ccccc2s1. The molecule has 0 saturated heterocycles. The molecule has 0 radical (unpaired) electrons. The largest absolute Gasteiger partial charge is 0.345 e. The number of fused-ring (bicyclic) bond motifs is 1. The molecule has 150 valence electrons. The predicted molar refractivity (Wildman–Crippen MR) is 121 cm³/mol. The number of hydrogen-bond donors (Lipinski definition) is 2. The maximum absolute atomic E-state index is 12.8. The van der Waals surface area contributed by atoms with Gasteiger partial charge in [-0.25, -0.2) is 4.98 Å². The highest BCUT2D eigenvalue weighted by atomic mass is 35.5. The van der Waals surface area contributed by atoms with E-state index in [-0.39, 0.29) is 18.2 Å². The first-order valence-corrected chi connectivity index (χ1v) is 10.6. The van der Waals surface area contributed by atoms with Crippen molar-refractivity contribution in [2.75, 3.05) is 5.32 Å². The number of anilines is 1. The van der Waals surface area contributed by atoms with Gasteiger partial charge in [0.05, 0.1) is 33.3 Å². The lowest BCUT2D eigenvalue weighted by Gasteiger charge is -2.19. The van der Waals surface area contributed by atoms with Crippen LogP contribution in [0.1, 0.15) is 28.4 Å². The molecule has 1 atom stereocenters. The summed E-state index contributed by atoms with van der Waals surface area (Å²) in [6, 6.07) is 23.4. The van der Waals surface area contributed by atoms with Crippen molar-refractivity contribution in [1.82, 2.24) is 10.3 Å². The lowest BCUT2D eigenvalue weighted by Crippen LogP contribution is -2.31. The molecule has 2 amide bonds. The highest BCUT2D eigenvalue weighted by Gasteiger charge is 2.21. The Morgan fingerprint density at radius 1 is 0.933 bits per heavy atom. The quantitative estimate of drug-likeness (QED) is 0.423. The van der Waals surface area contributed by atoms with Crippen LogP contribution in [-0.4, -0.2) is 16.8 Å². The summed E-state index contributed by atoms with van der Waals surface area (Å²) >= 11 is 7.57. The number of para-hydroxylation sites is 1. The molecule has 0 spiro atoms. The van der Waals surface area contributed by atoms with Gasteiger partial charge in [-0.15, -0.1) is 0 Å². The van der Waals surface area contributed by atoms with Crippen LogP contribution >= 0.6 is 22.9 Å². The van der Waals surface area contributed by atoms with Crippen LogP contribution in [0.4, 0.5) is 5.13 Å². The average molecular weight is 436 g/mol. The highest BCUT2D eigenvalue weighted by molar-refractivity contribution is 7.22. The molecular weight excluding hydrogens is 418 g/mol. The second kappa shape index (κ2) is 9.07. The second-order valence-corrected chi connectivity index (χ2v) is 8.09. The maximum Gasteiger partial charge on any atom is 0.253 e. The zero-order chi connectivity index (χ0) is 20.9. The Balaban J connectivity index is 1.51. The fourth-order valence-corrected chi connectivity index (χ4v) is 4.20. The Morgan fingerprint density at radius 3 is 2.40 bits per heavy atom. The van der Waals surface area contributed by atoms with Crippen LogP contribution in [0, 0.1) is 0 Å². The van der Waals surface area contributed by atoms with Crippen LogP contribution in [0.2, 0.25) is 5.02 Å². The number of halogens is 1. The minimum absolute atomic E-state index is 0.0656. The number of hydrogen-bond acceptors (Lipinski definition) is 4. The first kappa shape index (κ1) is 20.1. The molecule has 1 heterocycles. The molecule has 4 rings (SSSR count). The van der Waals surface area contributed by atoms with Crippen LogP contribution in [0.15, 0.2) is 78.9 Å². The van der Waals surface area contributed by atoms with Crippen LogP contribution in [-0.2, 0) is 4.79 Å². The summed E-state index contributed by atoms with van der Waals surface area (Å²) in [6.07, 6.45) is 0.0656. The minimum atomic E-state index is -0.510. The third-order valence-electron chi connectivity index (χ3n) is 4.56. The molecule has 3 aromatic carbocycles. The molecular formula is C23H18ClN3O2S. The number of nitrogens with zero attached hydrogens (tertiary/aromatic N) is 1. The molecule has 4 aromatic rings. The van der Waals surface area contributed by atoms with E-state index in [2.05, 4.69) is 15.6 Å². The fourth-order valence-electron chi connectivity index (χ4n) is 3.10. The van der Waals surface area contributed by atoms with Gasteiger partial charge in [0, 0.05) is 0 Å². The number of thiazole rings is 1. The van der Waals surface area contributed by atoms with E-state index in [0.717, 1.165) is 15.8 Å². The van der Waals surface area contributed by atoms with Gasteiger partial charge in [0.1, 0.15) is 0 Å². The maximum atomic E-state index is 12.8. The molecule has 1 unspecified atom stereocenters. The molecule has 30 heavy (non-hydrogen) atoms. The van der Waals surface area contributed by atoms with Crippen molar-refractivity contribution in [3.8, 4) is 0 Å². The smallest absolute Gasteiger partial charge is 0.253 e. The summed E-state index contributed by atoms with van der Waals surface area (Å²) in [4.78, 5) is 29.9.